The zero-order chi connectivity index (χ0) is 21.7. The molecule has 162 valence electrons. The molecular weight excluding hydrogens is 388 g/mol. The van der Waals surface area contributed by atoms with Crippen molar-refractivity contribution < 1.29 is 24.2 Å². The lowest BCUT2D eigenvalue weighted by Crippen LogP contribution is -2.46. The zero-order valence-electron chi connectivity index (χ0n) is 17.4. The summed E-state index contributed by atoms with van der Waals surface area (Å²) in [6, 6.07) is 7.83. The maximum Gasteiger partial charge on any atom is 0.312 e. The highest BCUT2D eigenvalue weighted by atomic mass is 16.6. The molecule has 3 heterocycles. The van der Waals surface area contributed by atoms with E-state index >= 15 is 0 Å². The van der Waals surface area contributed by atoms with Crippen LogP contribution in [0.25, 0.3) is 10.9 Å². The van der Waals surface area contributed by atoms with Crippen molar-refractivity contribution in [3.8, 4) is 0 Å². The highest BCUT2D eigenvalue weighted by molar-refractivity contribution is 5.81. The number of hydrogen-bond donors (Lipinski definition) is 1. The minimum Gasteiger partial charge on any atom is -0.483 e. The van der Waals surface area contributed by atoms with E-state index in [9.17, 15) is 9.59 Å². The van der Waals surface area contributed by atoms with Gasteiger partial charge in [-0.3, -0.25) is 19.1 Å². The number of carbonyl (C=O) groups excluding carboxylic acids is 2. The molecule has 1 atom stereocenters. The van der Waals surface area contributed by atoms with Gasteiger partial charge in [0.1, 0.15) is 12.6 Å². The van der Waals surface area contributed by atoms with Crippen LogP contribution in [0.1, 0.15) is 19.3 Å². The van der Waals surface area contributed by atoms with Gasteiger partial charge >= 0.3 is 5.97 Å². The first kappa shape index (κ1) is 21.8. The molecule has 4 rings (SSSR count). The van der Waals surface area contributed by atoms with Crippen molar-refractivity contribution in [2.75, 3.05) is 33.7 Å². The number of fused-ring (bicyclic) bond motifs is 1. The van der Waals surface area contributed by atoms with Crippen LogP contribution in [0.5, 0.6) is 0 Å². The lowest BCUT2D eigenvalue weighted by Gasteiger charge is -2.36. The van der Waals surface area contributed by atoms with Crippen molar-refractivity contribution in [2.24, 2.45) is 5.41 Å². The summed E-state index contributed by atoms with van der Waals surface area (Å²) in [6.45, 7) is 1.94. The van der Waals surface area contributed by atoms with E-state index < -0.39 is 5.41 Å². The molecule has 2 aliphatic rings. The van der Waals surface area contributed by atoms with E-state index in [2.05, 4.69) is 5.10 Å². The second kappa shape index (κ2) is 9.25. The molecule has 2 aliphatic heterocycles. The van der Waals surface area contributed by atoms with Crippen molar-refractivity contribution in [1.82, 2.24) is 19.6 Å². The second-order valence-corrected chi connectivity index (χ2v) is 8.15. The molecule has 0 bridgehead atoms. The summed E-state index contributed by atoms with van der Waals surface area (Å²) >= 11 is 0. The Bertz CT molecular complexity index is 869. The number of amides is 1. The normalized spacial score (nSPS) is 20.2. The summed E-state index contributed by atoms with van der Waals surface area (Å²) in [5.74, 6) is -0.0337. The lowest BCUT2D eigenvalue weighted by molar-refractivity contribution is -0.152. The summed E-state index contributed by atoms with van der Waals surface area (Å²) in [7, 11) is 3.97. The van der Waals surface area contributed by atoms with Gasteiger partial charge in [0.15, 0.2) is 0 Å². The standard InChI is InChI=1S/C20H26N4O3.CH2O2/c1-22(2)13-16-11-20(19(26)27-16)7-9-23(10-8-20)18(25)14-24-12-15-5-3-4-6-17(15)21-24;2-1-3/h3-6,12,16H,7-11,13-14H2,1-2H3;1H,(H,2,3). The van der Waals surface area contributed by atoms with E-state index in [0.29, 0.717) is 25.9 Å². The maximum absolute atomic E-state index is 12.7. The smallest absolute Gasteiger partial charge is 0.312 e. The van der Waals surface area contributed by atoms with Gasteiger partial charge < -0.3 is 19.6 Å². The lowest BCUT2D eigenvalue weighted by atomic mass is 9.76. The number of carboxylic acid groups (broad SMARTS) is 1. The fraction of sp³-hybridized carbons (Fsp3) is 0.524. The van der Waals surface area contributed by atoms with Gasteiger partial charge in [-0.05, 0) is 33.0 Å². The molecule has 2 aromatic rings. The number of ether oxygens (including phenoxy) is 1. The Morgan fingerprint density at radius 2 is 2.00 bits per heavy atom. The van der Waals surface area contributed by atoms with Gasteiger partial charge in [0, 0.05) is 37.6 Å². The Balaban J connectivity index is 0.000000806. The molecule has 1 aromatic carbocycles. The number of rotatable bonds is 4. The largest absolute Gasteiger partial charge is 0.483 e. The number of piperidine rings is 1. The Kier molecular flexibility index (Phi) is 6.71. The number of nitrogens with zero attached hydrogens (tertiary/aromatic N) is 4. The van der Waals surface area contributed by atoms with E-state index in [0.717, 1.165) is 23.9 Å². The fourth-order valence-electron chi connectivity index (χ4n) is 4.27. The number of aromatic nitrogens is 2. The Morgan fingerprint density at radius 3 is 2.63 bits per heavy atom. The number of cyclic esters (lactones) is 1. The summed E-state index contributed by atoms with van der Waals surface area (Å²) < 4.78 is 7.30. The molecule has 0 saturated carbocycles. The van der Waals surface area contributed by atoms with Crippen molar-refractivity contribution in [2.45, 2.75) is 31.9 Å². The molecule has 2 fully saturated rings. The molecule has 1 amide bonds. The third-order valence-electron chi connectivity index (χ3n) is 5.73. The van der Waals surface area contributed by atoms with E-state index in [1.807, 2.05) is 54.4 Å². The second-order valence-electron chi connectivity index (χ2n) is 8.15. The number of hydrogen-bond acceptors (Lipinski definition) is 6. The van der Waals surface area contributed by atoms with Gasteiger partial charge in [0.05, 0.1) is 10.9 Å². The summed E-state index contributed by atoms with van der Waals surface area (Å²) in [6.07, 6.45) is 3.99. The predicted octanol–water partition coefficient (Wildman–Crippen LogP) is 1.22. The molecule has 30 heavy (non-hydrogen) atoms. The minimum absolute atomic E-state index is 0.0359. The number of likely N-dealkylation sites (tertiary alicyclic amines) is 1. The van der Waals surface area contributed by atoms with Crippen molar-refractivity contribution in [3.05, 3.63) is 30.5 Å². The van der Waals surface area contributed by atoms with Crippen LogP contribution in [-0.4, -0.2) is 82.9 Å². The summed E-state index contributed by atoms with van der Waals surface area (Å²) in [5.41, 5.74) is 0.487. The molecule has 9 nitrogen and oxygen atoms in total. The van der Waals surface area contributed by atoms with Crippen molar-refractivity contribution in [1.29, 1.82) is 0 Å². The first-order valence-corrected chi connectivity index (χ1v) is 10.0. The van der Waals surface area contributed by atoms with Gasteiger partial charge in [0.2, 0.25) is 5.91 Å². The molecule has 2 saturated heterocycles. The van der Waals surface area contributed by atoms with Crippen LogP contribution in [0.3, 0.4) is 0 Å². The molecule has 1 unspecified atom stereocenters. The van der Waals surface area contributed by atoms with Gasteiger partial charge in [-0.25, -0.2) is 0 Å². The summed E-state index contributed by atoms with van der Waals surface area (Å²) in [4.78, 5) is 37.4. The molecule has 1 N–H and O–H groups in total. The van der Waals surface area contributed by atoms with Gasteiger partial charge in [-0.1, -0.05) is 18.2 Å². The number of likely N-dealkylation sites (N-methyl/N-ethyl adjacent to an activating group) is 1. The van der Waals surface area contributed by atoms with Crippen LogP contribution < -0.4 is 0 Å². The first-order valence-electron chi connectivity index (χ1n) is 10.0. The Hall–Kier alpha value is -2.94. The molecule has 1 aromatic heterocycles. The molecule has 0 radical (unpaired) electrons. The SMILES string of the molecule is CN(C)CC1CC2(CCN(C(=O)Cn3cc4ccccc4n3)CC2)C(=O)O1.O=CO. The van der Waals surface area contributed by atoms with Crippen LogP contribution in [0.4, 0.5) is 0 Å². The van der Waals surface area contributed by atoms with E-state index in [1.54, 1.807) is 4.68 Å². The number of benzene rings is 1. The highest BCUT2D eigenvalue weighted by Gasteiger charge is 2.50. The average molecular weight is 416 g/mol. The first-order chi connectivity index (χ1) is 14.4. The Morgan fingerprint density at radius 1 is 1.33 bits per heavy atom. The molecule has 0 aliphatic carbocycles. The number of esters is 1. The maximum atomic E-state index is 12.7. The predicted molar refractivity (Wildman–Crippen MR) is 110 cm³/mol. The molecule has 1 spiro atoms. The van der Waals surface area contributed by atoms with Crippen LogP contribution in [-0.2, 0) is 25.7 Å². The van der Waals surface area contributed by atoms with Crippen molar-refractivity contribution >= 4 is 29.3 Å². The van der Waals surface area contributed by atoms with E-state index in [1.165, 1.54) is 0 Å². The van der Waals surface area contributed by atoms with Crippen LogP contribution >= 0.6 is 0 Å². The fourth-order valence-corrected chi connectivity index (χ4v) is 4.27. The average Bonchev–Trinajstić information content (AvgIpc) is 3.22. The topological polar surface area (TPSA) is 105 Å². The third kappa shape index (κ3) is 4.79. The minimum atomic E-state index is -0.405. The summed E-state index contributed by atoms with van der Waals surface area (Å²) in [5, 5.41) is 12.4. The Labute approximate surface area is 175 Å². The quantitative estimate of drug-likeness (QED) is 0.590. The third-order valence-corrected chi connectivity index (χ3v) is 5.73. The van der Waals surface area contributed by atoms with Gasteiger partial charge in [-0.15, -0.1) is 0 Å². The zero-order valence-corrected chi connectivity index (χ0v) is 17.4. The van der Waals surface area contributed by atoms with E-state index in [-0.39, 0.29) is 31.0 Å². The van der Waals surface area contributed by atoms with E-state index in [4.69, 9.17) is 14.6 Å². The molecular formula is C21H28N4O5. The van der Waals surface area contributed by atoms with Crippen LogP contribution in [0.2, 0.25) is 0 Å². The highest BCUT2D eigenvalue weighted by Crippen LogP contribution is 2.43. The molecule has 9 heteroatoms. The monoisotopic (exact) mass is 416 g/mol. The van der Waals surface area contributed by atoms with Gasteiger partial charge in [0.25, 0.3) is 6.47 Å². The van der Waals surface area contributed by atoms with Crippen molar-refractivity contribution in [3.63, 3.8) is 0 Å². The van der Waals surface area contributed by atoms with Gasteiger partial charge in [-0.2, -0.15) is 5.10 Å². The van der Waals surface area contributed by atoms with Crippen LogP contribution in [0.15, 0.2) is 30.5 Å². The number of carbonyl (C=O) groups is 3. The van der Waals surface area contributed by atoms with Crippen LogP contribution in [0, 0.1) is 5.41 Å².